The van der Waals surface area contributed by atoms with Gasteiger partial charge in [0, 0.05) is 11.9 Å². The summed E-state index contributed by atoms with van der Waals surface area (Å²) in [5.74, 6) is -2.47. The van der Waals surface area contributed by atoms with Crippen LogP contribution in [-0.2, 0) is 9.59 Å². The molecule has 0 aromatic carbocycles. The summed E-state index contributed by atoms with van der Waals surface area (Å²) in [5, 5.41) is 21.3. The quantitative estimate of drug-likeness (QED) is 0.729. The molecule has 0 spiro atoms. The van der Waals surface area contributed by atoms with Crippen molar-refractivity contribution in [2.45, 2.75) is 60.3 Å². The number of quaternary nitrogens is 2. The van der Waals surface area contributed by atoms with E-state index in [1.54, 1.807) is 0 Å². The Hall–Kier alpha value is -1.14. The van der Waals surface area contributed by atoms with E-state index in [4.69, 9.17) is 0 Å². The Morgan fingerprint density at radius 3 is 1.70 bits per heavy atom. The van der Waals surface area contributed by atoms with E-state index in [0.29, 0.717) is 6.42 Å². The van der Waals surface area contributed by atoms with E-state index in [-0.39, 0.29) is 41.9 Å². The molecule has 0 aliphatic heterocycles. The molecule has 122 valence electrons. The molecule has 6 nitrogen and oxygen atoms in total. The van der Waals surface area contributed by atoms with Gasteiger partial charge in [0.15, 0.2) is 0 Å². The van der Waals surface area contributed by atoms with Crippen molar-refractivity contribution in [1.82, 2.24) is 12.3 Å². The van der Waals surface area contributed by atoms with Crippen LogP contribution in [-0.4, -0.2) is 11.9 Å². The maximum Gasteiger partial charge on any atom is 0.0417 e. The Morgan fingerprint density at radius 1 is 0.950 bits per heavy atom. The Bertz CT molecular complexity index is 309. The first-order valence-corrected chi connectivity index (χ1v) is 6.34. The van der Waals surface area contributed by atoms with Gasteiger partial charge in [-0.3, -0.25) is 0 Å². The number of carbonyl (C=O) groups is 2. The number of carboxylic acid groups (broad SMARTS) is 2. The van der Waals surface area contributed by atoms with E-state index < -0.39 is 11.9 Å². The van der Waals surface area contributed by atoms with Gasteiger partial charge in [-0.05, 0) is 42.4 Å². The standard InChI is InChI=1S/C14H26O4.2H3N/c1-13(2,3)9-14(4,5)10(8-12(17)18)6-7-11(15)16;;/h10H,6-9H2,1-5H3,(H,15,16)(H,17,18);2*1H3. The predicted octanol–water partition coefficient (Wildman–Crippen LogP) is 1.49. The van der Waals surface area contributed by atoms with Crippen molar-refractivity contribution in [3.8, 4) is 0 Å². The van der Waals surface area contributed by atoms with Gasteiger partial charge in [-0.1, -0.05) is 34.6 Å². The number of carbonyl (C=O) groups excluding carboxylic acids is 2. The predicted molar refractivity (Wildman–Crippen MR) is 77.2 cm³/mol. The lowest BCUT2D eigenvalue weighted by molar-refractivity contribution is -0.310. The number of rotatable bonds is 7. The van der Waals surface area contributed by atoms with Gasteiger partial charge in [-0.25, -0.2) is 0 Å². The summed E-state index contributed by atoms with van der Waals surface area (Å²) in [6.07, 6.45) is 0.937. The van der Waals surface area contributed by atoms with Crippen LogP contribution >= 0.6 is 0 Å². The summed E-state index contributed by atoms with van der Waals surface area (Å²) in [4.78, 5) is 21.3. The van der Waals surface area contributed by atoms with Gasteiger partial charge in [0.25, 0.3) is 0 Å². The smallest absolute Gasteiger partial charge is 0.0417 e. The second-order valence-electron chi connectivity index (χ2n) is 6.91. The Kier molecular flexibility index (Phi) is 10.7. The maximum absolute atomic E-state index is 10.8. The zero-order valence-electron chi connectivity index (χ0n) is 14.0. The second-order valence-corrected chi connectivity index (χ2v) is 6.91. The van der Waals surface area contributed by atoms with Gasteiger partial charge in [-0.2, -0.15) is 0 Å². The Balaban J connectivity index is -0.00000144. The van der Waals surface area contributed by atoms with Gasteiger partial charge < -0.3 is 32.1 Å². The van der Waals surface area contributed by atoms with Crippen LogP contribution in [0.3, 0.4) is 0 Å². The van der Waals surface area contributed by atoms with Gasteiger partial charge in [0.05, 0.1) is 0 Å². The van der Waals surface area contributed by atoms with Crippen LogP contribution in [0.2, 0.25) is 0 Å². The molecule has 0 bridgehead atoms. The van der Waals surface area contributed by atoms with E-state index in [2.05, 4.69) is 20.8 Å². The Morgan fingerprint density at radius 2 is 1.40 bits per heavy atom. The van der Waals surface area contributed by atoms with Crippen molar-refractivity contribution < 1.29 is 19.8 Å². The molecule has 20 heavy (non-hydrogen) atoms. The average molecular weight is 292 g/mol. The normalized spacial score (nSPS) is 12.8. The lowest BCUT2D eigenvalue weighted by Crippen LogP contribution is -2.36. The molecular weight excluding hydrogens is 260 g/mol. The monoisotopic (exact) mass is 292 g/mol. The fourth-order valence-corrected chi connectivity index (χ4v) is 2.77. The molecule has 0 aliphatic rings. The third kappa shape index (κ3) is 10.8. The van der Waals surface area contributed by atoms with Crippen molar-refractivity contribution in [3.63, 3.8) is 0 Å². The summed E-state index contributed by atoms with van der Waals surface area (Å²) in [7, 11) is 0. The van der Waals surface area contributed by atoms with Crippen molar-refractivity contribution in [3.05, 3.63) is 0 Å². The van der Waals surface area contributed by atoms with E-state index >= 15 is 0 Å². The van der Waals surface area contributed by atoms with Crippen LogP contribution in [0, 0.1) is 16.7 Å². The van der Waals surface area contributed by atoms with E-state index in [0.717, 1.165) is 6.42 Å². The molecule has 0 amide bonds. The molecule has 0 fully saturated rings. The lowest BCUT2D eigenvalue weighted by atomic mass is 9.66. The van der Waals surface area contributed by atoms with E-state index in [9.17, 15) is 19.8 Å². The van der Waals surface area contributed by atoms with Gasteiger partial charge >= 0.3 is 0 Å². The highest BCUT2D eigenvalue weighted by Crippen LogP contribution is 2.42. The first-order valence-electron chi connectivity index (χ1n) is 6.34. The molecule has 0 aromatic heterocycles. The molecule has 6 heteroatoms. The first kappa shape index (κ1) is 23.9. The largest absolute Gasteiger partial charge is 0.550 e. The van der Waals surface area contributed by atoms with Crippen LogP contribution in [0.4, 0.5) is 0 Å². The summed E-state index contributed by atoms with van der Waals surface area (Å²) in [5.41, 5.74) is -0.178. The second kappa shape index (κ2) is 8.92. The SMILES string of the molecule is CC(C)(C)CC(C)(C)C(CCC(=O)[O-])CC(=O)[O-].[NH4+].[NH4+]. The molecule has 1 atom stereocenters. The van der Waals surface area contributed by atoms with Crippen LogP contribution in [0.15, 0.2) is 0 Å². The molecule has 0 rings (SSSR count). The summed E-state index contributed by atoms with van der Waals surface area (Å²) in [6, 6.07) is 0. The summed E-state index contributed by atoms with van der Waals surface area (Å²) >= 11 is 0. The zero-order valence-corrected chi connectivity index (χ0v) is 14.0. The Labute approximate surface area is 122 Å². The number of carboxylic acids is 2. The minimum absolute atomic E-state index is 0. The molecule has 0 saturated carbocycles. The molecular formula is C14H32N2O4. The maximum atomic E-state index is 10.8. The van der Waals surface area contributed by atoms with Crippen molar-refractivity contribution in [2.24, 2.45) is 16.7 Å². The molecule has 0 saturated heterocycles. The van der Waals surface area contributed by atoms with Crippen molar-refractivity contribution in [2.75, 3.05) is 0 Å². The van der Waals surface area contributed by atoms with Gasteiger partial charge in [-0.15, -0.1) is 0 Å². The minimum Gasteiger partial charge on any atom is -0.550 e. The minimum atomic E-state index is -1.13. The van der Waals surface area contributed by atoms with Gasteiger partial charge in [0.1, 0.15) is 0 Å². The van der Waals surface area contributed by atoms with Crippen LogP contribution in [0.1, 0.15) is 60.3 Å². The first-order chi connectivity index (χ1) is 7.94. The van der Waals surface area contributed by atoms with Crippen LogP contribution < -0.4 is 22.5 Å². The van der Waals surface area contributed by atoms with Crippen LogP contribution in [0.5, 0.6) is 0 Å². The third-order valence-corrected chi connectivity index (χ3v) is 3.20. The average Bonchev–Trinajstić information content (AvgIpc) is 2.06. The highest BCUT2D eigenvalue weighted by atomic mass is 16.4. The number of hydrogen-bond donors (Lipinski definition) is 2. The van der Waals surface area contributed by atoms with E-state index in [1.165, 1.54) is 0 Å². The molecule has 0 heterocycles. The van der Waals surface area contributed by atoms with Crippen molar-refractivity contribution in [1.29, 1.82) is 0 Å². The molecule has 0 aromatic rings. The fraction of sp³-hybridized carbons (Fsp3) is 0.857. The zero-order chi connectivity index (χ0) is 14.6. The highest BCUT2D eigenvalue weighted by Gasteiger charge is 2.33. The number of hydrogen-bond acceptors (Lipinski definition) is 4. The molecule has 8 N–H and O–H groups in total. The topological polar surface area (TPSA) is 153 Å². The van der Waals surface area contributed by atoms with E-state index in [1.807, 2.05) is 13.8 Å². The van der Waals surface area contributed by atoms with Gasteiger partial charge in [0.2, 0.25) is 0 Å². The third-order valence-electron chi connectivity index (χ3n) is 3.20. The summed E-state index contributed by atoms with van der Waals surface area (Å²) < 4.78 is 0. The molecule has 0 aliphatic carbocycles. The molecule has 0 radical (unpaired) electrons. The lowest BCUT2D eigenvalue weighted by Gasteiger charge is -2.39. The van der Waals surface area contributed by atoms with Crippen molar-refractivity contribution >= 4 is 11.9 Å². The molecule has 1 unspecified atom stereocenters. The number of aliphatic carboxylic acids is 2. The highest BCUT2D eigenvalue weighted by molar-refractivity contribution is 5.66. The van der Waals surface area contributed by atoms with Crippen LogP contribution in [0.25, 0.3) is 0 Å². The summed E-state index contributed by atoms with van der Waals surface area (Å²) in [6.45, 7) is 10.2. The fourth-order valence-electron chi connectivity index (χ4n) is 2.77.